The van der Waals surface area contributed by atoms with Gasteiger partial charge in [-0.15, -0.1) is 0 Å². The van der Waals surface area contributed by atoms with E-state index in [1.165, 1.54) is 11.3 Å². The van der Waals surface area contributed by atoms with Crippen molar-refractivity contribution >= 4 is 50.3 Å². The van der Waals surface area contributed by atoms with Crippen LogP contribution in [0.15, 0.2) is 48.5 Å². The second-order valence-corrected chi connectivity index (χ2v) is 8.12. The molecular formula is C23H26ClN3O2S. The highest BCUT2D eigenvalue weighted by atomic mass is 35.5. The lowest BCUT2D eigenvalue weighted by Gasteiger charge is -2.23. The van der Waals surface area contributed by atoms with Gasteiger partial charge in [0.25, 0.3) is 5.91 Å². The number of anilines is 1. The first-order valence-electron chi connectivity index (χ1n) is 9.96. The fourth-order valence-electron chi connectivity index (χ4n) is 3.08. The minimum absolute atomic E-state index is 0.118. The molecule has 0 aliphatic carbocycles. The summed E-state index contributed by atoms with van der Waals surface area (Å²) in [6.07, 6.45) is 3.32. The lowest BCUT2D eigenvalue weighted by atomic mass is 10.2. The Bertz CT molecular complexity index is 1030. The second-order valence-electron chi connectivity index (χ2n) is 6.70. The van der Waals surface area contributed by atoms with Crippen molar-refractivity contribution < 1.29 is 9.53 Å². The Morgan fingerprint density at radius 1 is 1.17 bits per heavy atom. The van der Waals surface area contributed by atoms with E-state index < -0.39 is 0 Å². The molecule has 0 N–H and O–H groups in total. The second kappa shape index (κ2) is 10.6. The number of ether oxygens (including phenoxy) is 1. The maximum absolute atomic E-state index is 13.1. The number of likely N-dealkylation sites (N-methyl/N-ethyl adjacent to an activating group) is 1. The quantitative estimate of drug-likeness (QED) is 0.418. The van der Waals surface area contributed by atoms with Crippen LogP contribution in [0.3, 0.4) is 0 Å². The van der Waals surface area contributed by atoms with Gasteiger partial charge in [-0.3, -0.25) is 9.69 Å². The highest BCUT2D eigenvalue weighted by Gasteiger charge is 2.19. The first-order valence-corrected chi connectivity index (χ1v) is 11.2. The van der Waals surface area contributed by atoms with Crippen molar-refractivity contribution in [3.63, 3.8) is 0 Å². The molecule has 1 aromatic heterocycles. The predicted molar refractivity (Wildman–Crippen MR) is 127 cm³/mol. The number of hydrogen-bond donors (Lipinski definition) is 0. The van der Waals surface area contributed by atoms with Crippen LogP contribution in [0, 0.1) is 0 Å². The number of hydrogen-bond acceptors (Lipinski definition) is 5. The first kappa shape index (κ1) is 22.3. The van der Waals surface area contributed by atoms with E-state index >= 15 is 0 Å². The molecule has 2 aromatic carbocycles. The maximum atomic E-state index is 13.1. The van der Waals surface area contributed by atoms with Gasteiger partial charge in [-0.25, -0.2) is 4.98 Å². The van der Waals surface area contributed by atoms with E-state index in [0.717, 1.165) is 41.2 Å². The standard InChI is InChI=1S/C23H26ClN3O2S/c1-4-26(5-2)14-15-27(22(28)13-10-17-8-6-7-9-19(17)24)23-25-20-16-18(29-3)11-12-21(20)30-23/h6-13,16H,4-5,14-15H2,1-3H3/b13-10+. The number of carbonyl (C=O) groups excluding carboxylic acids is 1. The van der Waals surface area contributed by atoms with Crippen molar-refractivity contribution in [3.05, 3.63) is 59.1 Å². The van der Waals surface area contributed by atoms with Gasteiger partial charge in [-0.1, -0.05) is 55.0 Å². The van der Waals surface area contributed by atoms with Gasteiger partial charge in [0.05, 0.1) is 17.3 Å². The molecule has 0 fully saturated rings. The molecule has 1 heterocycles. The highest BCUT2D eigenvalue weighted by molar-refractivity contribution is 7.22. The third-order valence-corrected chi connectivity index (χ3v) is 6.33. The predicted octanol–water partition coefficient (Wildman–Crippen LogP) is 5.35. The SMILES string of the molecule is CCN(CC)CCN(C(=O)/C=C/c1ccccc1Cl)c1nc2cc(OC)ccc2s1. The average Bonchev–Trinajstić information content (AvgIpc) is 3.18. The molecular weight excluding hydrogens is 418 g/mol. The molecule has 0 spiro atoms. The summed E-state index contributed by atoms with van der Waals surface area (Å²) in [6.45, 7) is 7.45. The lowest BCUT2D eigenvalue weighted by molar-refractivity contribution is -0.114. The molecule has 0 saturated heterocycles. The van der Waals surface area contributed by atoms with Crippen LogP contribution in [0.4, 0.5) is 5.13 Å². The van der Waals surface area contributed by atoms with Crippen LogP contribution in [0.25, 0.3) is 16.3 Å². The van der Waals surface area contributed by atoms with Crippen LogP contribution in [0.2, 0.25) is 5.02 Å². The van der Waals surface area contributed by atoms with Crippen molar-refractivity contribution in [3.8, 4) is 5.75 Å². The van der Waals surface area contributed by atoms with Crippen LogP contribution >= 0.6 is 22.9 Å². The molecule has 0 atom stereocenters. The number of amides is 1. The molecule has 7 heteroatoms. The topological polar surface area (TPSA) is 45.7 Å². The van der Waals surface area contributed by atoms with Gasteiger partial charge >= 0.3 is 0 Å². The summed E-state index contributed by atoms with van der Waals surface area (Å²) in [4.78, 5) is 21.9. The van der Waals surface area contributed by atoms with Crippen LogP contribution in [0.5, 0.6) is 5.75 Å². The van der Waals surface area contributed by atoms with Gasteiger partial charge in [0.2, 0.25) is 0 Å². The smallest absolute Gasteiger partial charge is 0.252 e. The number of fused-ring (bicyclic) bond motifs is 1. The number of carbonyl (C=O) groups is 1. The van der Waals surface area contributed by atoms with Crippen LogP contribution < -0.4 is 9.64 Å². The van der Waals surface area contributed by atoms with Gasteiger partial charge in [-0.2, -0.15) is 0 Å². The van der Waals surface area contributed by atoms with E-state index in [4.69, 9.17) is 21.3 Å². The third-order valence-electron chi connectivity index (χ3n) is 4.93. The minimum atomic E-state index is -0.118. The normalized spacial score (nSPS) is 11.5. The average molecular weight is 444 g/mol. The summed E-state index contributed by atoms with van der Waals surface area (Å²) in [5.74, 6) is 0.632. The zero-order valence-corrected chi connectivity index (χ0v) is 19.0. The van der Waals surface area contributed by atoms with Gasteiger partial charge < -0.3 is 9.64 Å². The Kier molecular flexibility index (Phi) is 7.85. The van der Waals surface area contributed by atoms with Gasteiger partial charge in [-0.05, 0) is 42.9 Å². The van der Waals surface area contributed by atoms with Crippen molar-refractivity contribution in [2.45, 2.75) is 13.8 Å². The van der Waals surface area contributed by atoms with Gasteiger partial charge in [0.15, 0.2) is 5.13 Å². The summed E-state index contributed by atoms with van der Waals surface area (Å²) in [6, 6.07) is 13.2. The molecule has 5 nitrogen and oxygen atoms in total. The van der Waals surface area contributed by atoms with E-state index in [2.05, 4.69) is 18.7 Å². The number of halogens is 1. The molecule has 1 amide bonds. The fraction of sp³-hybridized carbons (Fsp3) is 0.304. The lowest BCUT2D eigenvalue weighted by Crippen LogP contribution is -2.38. The van der Waals surface area contributed by atoms with E-state index in [1.807, 2.05) is 42.5 Å². The van der Waals surface area contributed by atoms with Crippen molar-refractivity contribution in [1.82, 2.24) is 9.88 Å². The number of aromatic nitrogens is 1. The highest BCUT2D eigenvalue weighted by Crippen LogP contribution is 2.31. The van der Waals surface area contributed by atoms with E-state index in [0.29, 0.717) is 16.7 Å². The number of nitrogens with zero attached hydrogens (tertiary/aromatic N) is 3. The Morgan fingerprint density at radius 2 is 1.93 bits per heavy atom. The van der Waals surface area contributed by atoms with Crippen molar-refractivity contribution in [2.75, 3.05) is 38.2 Å². The Hall–Kier alpha value is -2.41. The Labute approximate surface area is 186 Å². The number of methoxy groups -OCH3 is 1. The summed E-state index contributed by atoms with van der Waals surface area (Å²) < 4.78 is 6.32. The zero-order valence-electron chi connectivity index (χ0n) is 17.5. The molecule has 0 saturated carbocycles. The minimum Gasteiger partial charge on any atom is -0.497 e. The van der Waals surface area contributed by atoms with E-state index in [1.54, 1.807) is 24.2 Å². The van der Waals surface area contributed by atoms with E-state index in [9.17, 15) is 4.79 Å². The molecule has 0 aliphatic heterocycles. The molecule has 158 valence electrons. The molecule has 30 heavy (non-hydrogen) atoms. The van der Waals surface area contributed by atoms with Gasteiger partial charge in [0, 0.05) is 30.3 Å². The summed E-state index contributed by atoms with van der Waals surface area (Å²) in [7, 11) is 1.63. The first-order chi connectivity index (χ1) is 14.5. The Morgan fingerprint density at radius 3 is 2.63 bits per heavy atom. The molecule has 0 aliphatic rings. The number of benzene rings is 2. The van der Waals surface area contributed by atoms with Crippen molar-refractivity contribution in [1.29, 1.82) is 0 Å². The van der Waals surface area contributed by atoms with Crippen LogP contribution in [-0.2, 0) is 4.79 Å². The number of rotatable bonds is 9. The number of thiazole rings is 1. The zero-order chi connectivity index (χ0) is 21.5. The fourth-order valence-corrected chi connectivity index (χ4v) is 4.26. The molecule has 3 rings (SSSR count). The monoisotopic (exact) mass is 443 g/mol. The maximum Gasteiger partial charge on any atom is 0.252 e. The van der Waals surface area contributed by atoms with Gasteiger partial charge in [0.1, 0.15) is 5.75 Å². The summed E-state index contributed by atoms with van der Waals surface area (Å²) in [5.41, 5.74) is 1.63. The molecule has 0 radical (unpaired) electrons. The van der Waals surface area contributed by atoms with Crippen LogP contribution in [-0.4, -0.2) is 49.1 Å². The Balaban J connectivity index is 1.89. The molecule has 0 unspecified atom stereocenters. The van der Waals surface area contributed by atoms with E-state index in [-0.39, 0.29) is 5.91 Å². The largest absolute Gasteiger partial charge is 0.497 e. The summed E-state index contributed by atoms with van der Waals surface area (Å²) in [5, 5.41) is 1.29. The molecule has 0 bridgehead atoms. The molecule has 3 aromatic rings. The summed E-state index contributed by atoms with van der Waals surface area (Å²) >= 11 is 7.73. The third kappa shape index (κ3) is 5.39. The van der Waals surface area contributed by atoms with Crippen molar-refractivity contribution in [2.24, 2.45) is 0 Å². The van der Waals surface area contributed by atoms with Crippen LogP contribution in [0.1, 0.15) is 19.4 Å².